The predicted octanol–water partition coefficient (Wildman–Crippen LogP) is 2.83. The number of rotatable bonds is 3. The minimum atomic E-state index is -0.703. The Balaban J connectivity index is 2.56. The van der Waals surface area contributed by atoms with Crippen LogP contribution < -0.4 is 11.3 Å². The Bertz CT molecular complexity index is 541. The van der Waals surface area contributed by atoms with Gasteiger partial charge in [0.05, 0.1) is 6.04 Å². The van der Waals surface area contributed by atoms with Crippen molar-refractivity contribution < 1.29 is 8.78 Å². The van der Waals surface area contributed by atoms with Gasteiger partial charge < -0.3 is 0 Å². The van der Waals surface area contributed by atoms with E-state index in [1.54, 1.807) is 31.2 Å². The maximum atomic E-state index is 14.0. The molecule has 4 heteroatoms. The van der Waals surface area contributed by atoms with Crippen molar-refractivity contribution in [2.45, 2.75) is 13.0 Å². The third kappa shape index (κ3) is 2.25. The summed E-state index contributed by atoms with van der Waals surface area (Å²) in [6, 6.07) is 10.9. The number of nitrogens with one attached hydrogen (secondary N) is 1. The second kappa shape index (κ2) is 5.25. The van der Waals surface area contributed by atoms with E-state index in [4.69, 9.17) is 5.84 Å². The summed E-state index contributed by atoms with van der Waals surface area (Å²) in [6.45, 7) is 1.59. The van der Waals surface area contributed by atoms with E-state index < -0.39 is 17.7 Å². The summed E-state index contributed by atoms with van der Waals surface area (Å²) in [4.78, 5) is 0. The largest absolute Gasteiger partial charge is 0.271 e. The fraction of sp³-hybridized carbons (Fsp3) is 0.143. The van der Waals surface area contributed by atoms with Crippen molar-refractivity contribution in [1.29, 1.82) is 0 Å². The molecular formula is C14H14F2N2. The molecule has 2 rings (SSSR count). The summed E-state index contributed by atoms with van der Waals surface area (Å²) in [5.74, 6) is 4.27. The van der Waals surface area contributed by atoms with Crippen LogP contribution in [-0.2, 0) is 0 Å². The van der Waals surface area contributed by atoms with Crippen molar-refractivity contribution >= 4 is 0 Å². The molecule has 0 saturated carbocycles. The summed E-state index contributed by atoms with van der Waals surface area (Å²) in [7, 11) is 0. The zero-order chi connectivity index (χ0) is 13.1. The molecule has 3 N–H and O–H groups in total. The average molecular weight is 248 g/mol. The van der Waals surface area contributed by atoms with Gasteiger partial charge in [0, 0.05) is 5.56 Å². The molecule has 0 radical (unpaired) electrons. The second-order valence-electron chi connectivity index (χ2n) is 4.10. The van der Waals surface area contributed by atoms with Gasteiger partial charge in [-0.3, -0.25) is 5.84 Å². The molecule has 1 unspecified atom stereocenters. The highest BCUT2D eigenvalue weighted by molar-refractivity contribution is 5.36. The first kappa shape index (κ1) is 12.7. The van der Waals surface area contributed by atoms with Gasteiger partial charge in [-0.05, 0) is 24.1 Å². The standard InChI is InChI=1S/C14H14F2N2/c1-9-7-8-11(15)12(13(9)16)14(18-17)10-5-3-2-4-6-10/h2-8,14,18H,17H2,1H3. The van der Waals surface area contributed by atoms with Gasteiger partial charge in [-0.1, -0.05) is 36.4 Å². The van der Waals surface area contributed by atoms with Crippen LogP contribution in [0.1, 0.15) is 22.7 Å². The molecular weight excluding hydrogens is 234 g/mol. The molecule has 2 aromatic carbocycles. The highest BCUT2D eigenvalue weighted by Crippen LogP contribution is 2.27. The van der Waals surface area contributed by atoms with Gasteiger partial charge in [-0.2, -0.15) is 0 Å². The van der Waals surface area contributed by atoms with Gasteiger partial charge in [0.15, 0.2) is 0 Å². The van der Waals surface area contributed by atoms with Crippen molar-refractivity contribution in [2.24, 2.45) is 5.84 Å². The summed E-state index contributed by atoms with van der Waals surface area (Å²) >= 11 is 0. The van der Waals surface area contributed by atoms with Crippen LogP contribution in [0.25, 0.3) is 0 Å². The molecule has 0 aliphatic carbocycles. The zero-order valence-electron chi connectivity index (χ0n) is 9.95. The van der Waals surface area contributed by atoms with Gasteiger partial charge >= 0.3 is 0 Å². The summed E-state index contributed by atoms with van der Waals surface area (Å²) in [6.07, 6.45) is 0. The molecule has 0 aliphatic rings. The monoisotopic (exact) mass is 248 g/mol. The fourth-order valence-corrected chi connectivity index (χ4v) is 1.93. The Kier molecular flexibility index (Phi) is 3.69. The van der Waals surface area contributed by atoms with Gasteiger partial charge in [-0.15, -0.1) is 0 Å². The minimum absolute atomic E-state index is 0.0521. The molecule has 0 bridgehead atoms. The third-order valence-electron chi connectivity index (χ3n) is 2.91. The van der Waals surface area contributed by atoms with Gasteiger partial charge in [0.1, 0.15) is 11.6 Å². The first-order valence-electron chi connectivity index (χ1n) is 5.60. The highest BCUT2D eigenvalue weighted by atomic mass is 19.1. The van der Waals surface area contributed by atoms with Crippen LogP contribution in [0.4, 0.5) is 8.78 Å². The van der Waals surface area contributed by atoms with Crippen molar-refractivity contribution in [3.05, 3.63) is 70.8 Å². The topological polar surface area (TPSA) is 38.0 Å². The van der Waals surface area contributed by atoms with E-state index in [0.717, 1.165) is 0 Å². The number of nitrogens with two attached hydrogens (primary N) is 1. The summed E-state index contributed by atoms with van der Waals surface area (Å²) in [5, 5.41) is 0. The Morgan fingerprint density at radius 2 is 1.72 bits per heavy atom. The van der Waals surface area contributed by atoms with Crippen LogP contribution in [0.5, 0.6) is 0 Å². The van der Waals surface area contributed by atoms with Crippen LogP contribution in [0.15, 0.2) is 42.5 Å². The molecule has 0 heterocycles. The first-order chi connectivity index (χ1) is 8.65. The Morgan fingerprint density at radius 3 is 2.33 bits per heavy atom. The average Bonchev–Trinajstić information content (AvgIpc) is 2.40. The van der Waals surface area contributed by atoms with E-state index in [-0.39, 0.29) is 5.56 Å². The second-order valence-corrected chi connectivity index (χ2v) is 4.10. The highest BCUT2D eigenvalue weighted by Gasteiger charge is 2.21. The molecule has 2 aromatic rings. The van der Waals surface area contributed by atoms with E-state index in [1.165, 1.54) is 12.1 Å². The molecule has 0 aliphatic heterocycles. The summed E-state index contributed by atoms with van der Waals surface area (Å²) in [5.41, 5.74) is 3.51. The maximum Gasteiger partial charge on any atom is 0.134 e. The third-order valence-corrected chi connectivity index (χ3v) is 2.91. The van der Waals surface area contributed by atoms with Gasteiger partial charge in [-0.25, -0.2) is 14.2 Å². The number of halogens is 2. The molecule has 0 aromatic heterocycles. The van der Waals surface area contributed by atoms with Crippen molar-refractivity contribution in [1.82, 2.24) is 5.43 Å². The van der Waals surface area contributed by atoms with Crippen LogP contribution >= 0.6 is 0 Å². The Morgan fingerprint density at radius 1 is 1.06 bits per heavy atom. The number of aryl methyl sites for hydroxylation is 1. The van der Waals surface area contributed by atoms with E-state index >= 15 is 0 Å². The first-order valence-corrected chi connectivity index (χ1v) is 5.60. The van der Waals surface area contributed by atoms with Crippen LogP contribution in [0.2, 0.25) is 0 Å². The lowest BCUT2D eigenvalue weighted by atomic mass is 9.96. The Labute approximate surface area is 104 Å². The smallest absolute Gasteiger partial charge is 0.134 e. The molecule has 2 nitrogen and oxygen atoms in total. The van der Waals surface area contributed by atoms with Crippen LogP contribution in [0, 0.1) is 18.6 Å². The SMILES string of the molecule is Cc1ccc(F)c(C(NN)c2ccccc2)c1F. The number of hydrogen-bond donors (Lipinski definition) is 2. The molecule has 0 amide bonds. The molecule has 0 fully saturated rings. The normalized spacial score (nSPS) is 12.4. The molecule has 1 atom stereocenters. The van der Waals surface area contributed by atoms with Crippen molar-refractivity contribution in [2.75, 3.05) is 0 Å². The number of benzene rings is 2. The number of hydrazine groups is 1. The van der Waals surface area contributed by atoms with E-state index in [1.807, 2.05) is 6.07 Å². The lowest BCUT2D eigenvalue weighted by Crippen LogP contribution is -2.30. The minimum Gasteiger partial charge on any atom is -0.271 e. The van der Waals surface area contributed by atoms with E-state index in [9.17, 15) is 8.78 Å². The molecule has 0 saturated heterocycles. The fourth-order valence-electron chi connectivity index (χ4n) is 1.93. The van der Waals surface area contributed by atoms with Crippen molar-refractivity contribution in [3.63, 3.8) is 0 Å². The van der Waals surface area contributed by atoms with E-state index in [2.05, 4.69) is 5.43 Å². The van der Waals surface area contributed by atoms with Crippen LogP contribution in [-0.4, -0.2) is 0 Å². The quantitative estimate of drug-likeness (QED) is 0.647. The lowest BCUT2D eigenvalue weighted by Gasteiger charge is -2.19. The molecule has 18 heavy (non-hydrogen) atoms. The maximum absolute atomic E-state index is 14.0. The molecule has 94 valence electrons. The number of hydrogen-bond acceptors (Lipinski definition) is 2. The van der Waals surface area contributed by atoms with E-state index in [0.29, 0.717) is 11.1 Å². The Hall–Kier alpha value is -1.78. The predicted molar refractivity (Wildman–Crippen MR) is 66.7 cm³/mol. The lowest BCUT2D eigenvalue weighted by molar-refractivity contribution is 0.506. The van der Waals surface area contributed by atoms with Gasteiger partial charge in [0.25, 0.3) is 0 Å². The summed E-state index contributed by atoms with van der Waals surface area (Å²) < 4.78 is 27.9. The zero-order valence-corrected chi connectivity index (χ0v) is 9.95. The van der Waals surface area contributed by atoms with Crippen molar-refractivity contribution in [3.8, 4) is 0 Å². The van der Waals surface area contributed by atoms with Gasteiger partial charge in [0.2, 0.25) is 0 Å². The molecule has 0 spiro atoms. The van der Waals surface area contributed by atoms with Crippen LogP contribution in [0.3, 0.4) is 0 Å².